The maximum atomic E-state index is 4.00. The molecular weight excluding hydrogens is 218 g/mol. The molecule has 0 heterocycles. The molecule has 0 fully saturated rings. The van der Waals surface area contributed by atoms with Gasteiger partial charge in [0.2, 0.25) is 0 Å². The lowest BCUT2D eigenvalue weighted by molar-refractivity contribution is 0.489. The molecule has 0 aliphatic carbocycles. The Hall–Kier alpha value is -1.08. The van der Waals surface area contributed by atoms with Gasteiger partial charge in [-0.2, -0.15) is 0 Å². The van der Waals surface area contributed by atoms with Gasteiger partial charge in [0.1, 0.15) is 0 Å². The van der Waals surface area contributed by atoms with E-state index in [0.717, 1.165) is 19.4 Å². The summed E-state index contributed by atoms with van der Waals surface area (Å²) in [4.78, 5) is 0. The Bertz CT molecular complexity index is 393. The van der Waals surface area contributed by atoms with Gasteiger partial charge in [0.25, 0.3) is 0 Å². The predicted octanol–water partition coefficient (Wildman–Crippen LogP) is 4.18. The Kier molecular flexibility index (Phi) is 6.14. The average molecular weight is 245 g/mol. The summed E-state index contributed by atoms with van der Waals surface area (Å²) in [6, 6.07) is 7.30. The molecule has 0 spiro atoms. The molecular formula is C17H27N. The molecule has 0 bridgehead atoms. The van der Waals surface area contributed by atoms with Gasteiger partial charge in [-0.05, 0) is 57.7 Å². The fourth-order valence-electron chi connectivity index (χ4n) is 2.27. The van der Waals surface area contributed by atoms with E-state index in [1.54, 1.807) is 0 Å². The zero-order valence-corrected chi connectivity index (χ0v) is 12.3. The molecule has 1 rings (SSSR count). The maximum Gasteiger partial charge on any atom is 0.0110 e. The van der Waals surface area contributed by atoms with Crippen molar-refractivity contribution in [2.75, 3.05) is 6.54 Å². The quantitative estimate of drug-likeness (QED) is 0.711. The van der Waals surface area contributed by atoms with Crippen LogP contribution in [0.3, 0.4) is 0 Å². The van der Waals surface area contributed by atoms with Crippen LogP contribution in [0.2, 0.25) is 0 Å². The number of allylic oxidation sites excluding steroid dienone is 1. The standard InChI is InChI=1S/C17H27N/c1-6-18-17(10-7-13(2)3)12-16-11-14(4)8-9-15(16)5/h8-9,11,17-18H,2,6-7,10,12H2,1,3-5H3. The summed E-state index contributed by atoms with van der Waals surface area (Å²) in [6.45, 7) is 13.7. The molecule has 100 valence electrons. The van der Waals surface area contributed by atoms with Gasteiger partial charge in [0, 0.05) is 6.04 Å². The summed E-state index contributed by atoms with van der Waals surface area (Å²) in [5.74, 6) is 0. The molecule has 18 heavy (non-hydrogen) atoms. The SMILES string of the molecule is C=C(C)CCC(Cc1cc(C)ccc1C)NCC. The fraction of sp³-hybridized carbons (Fsp3) is 0.529. The first-order chi connectivity index (χ1) is 8.52. The monoisotopic (exact) mass is 245 g/mol. The molecule has 1 N–H and O–H groups in total. The summed E-state index contributed by atoms with van der Waals surface area (Å²) in [5.41, 5.74) is 5.51. The minimum atomic E-state index is 0.562. The lowest BCUT2D eigenvalue weighted by atomic mass is 9.95. The summed E-state index contributed by atoms with van der Waals surface area (Å²) >= 11 is 0. The zero-order valence-electron chi connectivity index (χ0n) is 12.3. The highest BCUT2D eigenvalue weighted by atomic mass is 14.9. The van der Waals surface area contributed by atoms with Gasteiger partial charge >= 0.3 is 0 Å². The van der Waals surface area contributed by atoms with E-state index >= 15 is 0 Å². The van der Waals surface area contributed by atoms with E-state index in [0.29, 0.717) is 6.04 Å². The molecule has 0 radical (unpaired) electrons. The van der Waals surface area contributed by atoms with Crippen LogP contribution in [-0.4, -0.2) is 12.6 Å². The zero-order chi connectivity index (χ0) is 13.5. The van der Waals surface area contributed by atoms with Crippen molar-refractivity contribution in [3.63, 3.8) is 0 Å². The number of aryl methyl sites for hydroxylation is 2. The van der Waals surface area contributed by atoms with Crippen LogP contribution in [0.15, 0.2) is 30.4 Å². The number of likely N-dealkylation sites (N-methyl/N-ethyl adjacent to an activating group) is 1. The van der Waals surface area contributed by atoms with Crippen LogP contribution in [0.4, 0.5) is 0 Å². The molecule has 1 heteroatoms. The van der Waals surface area contributed by atoms with Crippen LogP contribution in [0.25, 0.3) is 0 Å². The van der Waals surface area contributed by atoms with E-state index in [9.17, 15) is 0 Å². The van der Waals surface area contributed by atoms with Gasteiger partial charge in [-0.1, -0.05) is 36.3 Å². The van der Waals surface area contributed by atoms with Crippen molar-refractivity contribution >= 4 is 0 Å². The minimum absolute atomic E-state index is 0.562. The Morgan fingerprint density at radius 1 is 1.33 bits per heavy atom. The van der Waals surface area contributed by atoms with E-state index in [1.165, 1.54) is 28.7 Å². The molecule has 1 unspecified atom stereocenters. The summed E-state index contributed by atoms with van der Waals surface area (Å²) in [7, 11) is 0. The smallest absolute Gasteiger partial charge is 0.0110 e. The van der Waals surface area contributed by atoms with Crippen molar-refractivity contribution in [2.45, 2.75) is 53.0 Å². The van der Waals surface area contributed by atoms with Crippen molar-refractivity contribution in [1.29, 1.82) is 0 Å². The molecule has 1 atom stereocenters. The third kappa shape index (κ3) is 5.05. The Morgan fingerprint density at radius 2 is 2.06 bits per heavy atom. The fourth-order valence-corrected chi connectivity index (χ4v) is 2.27. The van der Waals surface area contributed by atoms with Crippen molar-refractivity contribution in [3.05, 3.63) is 47.0 Å². The van der Waals surface area contributed by atoms with Crippen LogP contribution >= 0.6 is 0 Å². The summed E-state index contributed by atoms with van der Waals surface area (Å²) < 4.78 is 0. The van der Waals surface area contributed by atoms with E-state index in [4.69, 9.17) is 0 Å². The lowest BCUT2D eigenvalue weighted by Crippen LogP contribution is -2.31. The molecule has 1 aromatic rings. The normalized spacial score (nSPS) is 12.4. The van der Waals surface area contributed by atoms with Gasteiger partial charge in [-0.3, -0.25) is 0 Å². The molecule has 0 saturated heterocycles. The van der Waals surface area contributed by atoms with E-state index in [1.807, 2.05) is 0 Å². The van der Waals surface area contributed by atoms with Gasteiger partial charge in [-0.15, -0.1) is 6.58 Å². The Morgan fingerprint density at radius 3 is 2.67 bits per heavy atom. The second-order valence-electron chi connectivity index (χ2n) is 5.38. The largest absolute Gasteiger partial charge is 0.314 e. The number of nitrogens with one attached hydrogen (secondary N) is 1. The minimum Gasteiger partial charge on any atom is -0.314 e. The third-order valence-corrected chi connectivity index (χ3v) is 3.38. The first kappa shape index (κ1) is 15.0. The van der Waals surface area contributed by atoms with Crippen LogP contribution in [0.5, 0.6) is 0 Å². The highest BCUT2D eigenvalue weighted by molar-refractivity contribution is 5.31. The van der Waals surface area contributed by atoms with Crippen LogP contribution in [0.1, 0.15) is 43.4 Å². The van der Waals surface area contributed by atoms with Crippen LogP contribution in [0, 0.1) is 13.8 Å². The molecule has 0 aliphatic rings. The highest BCUT2D eigenvalue weighted by Gasteiger charge is 2.10. The lowest BCUT2D eigenvalue weighted by Gasteiger charge is -2.19. The number of hydrogen-bond acceptors (Lipinski definition) is 1. The molecule has 0 amide bonds. The maximum absolute atomic E-state index is 4.00. The Balaban J connectivity index is 2.69. The van der Waals surface area contributed by atoms with Gasteiger partial charge in [0.15, 0.2) is 0 Å². The predicted molar refractivity (Wildman–Crippen MR) is 81.1 cm³/mol. The van der Waals surface area contributed by atoms with Crippen molar-refractivity contribution in [3.8, 4) is 0 Å². The Labute approximate surface area is 112 Å². The topological polar surface area (TPSA) is 12.0 Å². The molecule has 0 saturated carbocycles. The number of benzene rings is 1. The first-order valence-corrected chi connectivity index (χ1v) is 6.96. The van der Waals surface area contributed by atoms with Crippen LogP contribution < -0.4 is 5.32 Å². The molecule has 1 aromatic carbocycles. The third-order valence-electron chi connectivity index (χ3n) is 3.38. The van der Waals surface area contributed by atoms with Crippen molar-refractivity contribution in [1.82, 2.24) is 5.32 Å². The molecule has 1 nitrogen and oxygen atoms in total. The van der Waals surface area contributed by atoms with Crippen LogP contribution in [-0.2, 0) is 6.42 Å². The van der Waals surface area contributed by atoms with Crippen molar-refractivity contribution in [2.24, 2.45) is 0 Å². The first-order valence-electron chi connectivity index (χ1n) is 6.96. The van der Waals surface area contributed by atoms with Gasteiger partial charge in [0.05, 0.1) is 0 Å². The van der Waals surface area contributed by atoms with Gasteiger partial charge < -0.3 is 5.32 Å². The molecule has 0 aromatic heterocycles. The van der Waals surface area contributed by atoms with E-state index in [-0.39, 0.29) is 0 Å². The van der Waals surface area contributed by atoms with E-state index in [2.05, 4.69) is 57.8 Å². The second kappa shape index (κ2) is 7.38. The number of rotatable bonds is 7. The van der Waals surface area contributed by atoms with Crippen molar-refractivity contribution < 1.29 is 0 Å². The number of hydrogen-bond donors (Lipinski definition) is 1. The second-order valence-corrected chi connectivity index (χ2v) is 5.38. The van der Waals surface area contributed by atoms with E-state index < -0.39 is 0 Å². The van der Waals surface area contributed by atoms with Gasteiger partial charge in [-0.25, -0.2) is 0 Å². The molecule has 0 aliphatic heterocycles. The highest BCUT2D eigenvalue weighted by Crippen LogP contribution is 2.16. The summed E-state index contributed by atoms with van der Waals surface area (Å²) in [6.07, 6.45) is 3.41. The summed E-state index contributed by atoms with van der Waals surface area (Å²) in [5, 5.41) is 3.59. The average Bonchev–Trinajstić information content (AvgIpc) is 2.31.